The van der Waals surface area contributed by atoms with Gasteiger partial charge >= 0.3 is 0 Å². The summed E-state index contributed by atoms with van der Waals surface area (Å²) in [7, 11) is 1.61. The third-order valence-corrected chi connectivity index (χ3v) is 2.65. The summed E-state index contributed by atoms with van der Waals surface area (Å²) in [4.78, 5) is 7.67. The lowest BCUT2D eigenvalue weighted by molar-refractivity contribution is 0.414. The van der Waals surface area contributed by atoms with E-state index in [1.165, 1.54) is 6.33 Å². The molecule has 1 aromatic heterocycles. The Morgan fingerprint density at radius 2 is 2.00 bits per heavy atom. The first kappa shape index (κ1) is 12.3. The average Bonchev–Trinajstić information content (AvgIpc) is 2.37. The van der Waals surface area contributed by atoms with Gasteiger partial charge in [-0.2, -0.15) is 0 Å². The summed E-state index contributed by atoms with van der Waals surface area (Å²) >= 11 is 0. The first-order chi connectivity index (χ1) is 8.61. The average molecular weight is 247 g/mol. The number of ether oxygens (including phenoxy) is 1. The monoisotopic (exact) mass is 247 g/mol. The van der Waals surface area contributed by atoms with Crippen LogP contribution in [-0.4, -0.2) is 17.1 Å². The molecule has 2 aromatic rings. The van der Waals surface area contributed by atoms with E-state index in [9.17, 15) is 4.39 Å². The van der Waals surface area contributed by atoms with Crippen LogP contribution in [0.2, 0.25) is 0 Å². The SMILES string of the molecule is COc1ccc(Nc2ncnc(C)c2F)c(C)c1. The van der Waals surface area contributed by atoms with Gasteiger partial charge in [-0.3, -0.25) is 0 Å². The number of hydrogen-bond acceptors (Lipinski definition) is 4. The van der Waals surface area contributed by atoms with Crippen molar-refractivity contribution in [3.05, 3.63) is 41.6 Å². The van der Waals surface area contributed by atoms with E-state index >= 15 is 0 Å². The van der Waals surface area contributed by atoms with Gasteiger partial charge in [-0.25, -0.2) is 14.4 Å². The molecule has 0 fully saturated rings. The summed E-state index contributed by atoms with van der Waals surface area (Å²) in [5.41, 5.74) is 2.05. The first-order valence-electron chi connectivity index (χ1n) is 5.50. The van der Waals surface area contributed by atoms with Crippen LogP contribution < -0.4 is 10.1 Å². The van der Waals surface area contributed by atoms with Gasteiger partial charge in [0.15, 0.2) is 11.6 Å². The molecule has 18 heavy (non-hydrogen) atoms. The maximum atomic E-state index is 13.8. The van der Waals surface area contributed by atoms with E-state index in [4.69, 9.17) is 4.74 Å². The van der Waals surface area contributed by atoms with Crippen LogP contribution in [0.5, 0.6) is 5.75 Å². The second-order valence-electron chi connectivity index (χ2n) is 3.93. The van der Waals surface area contributed by atoms with E-state index in [-0.39, 0.29) is 5.82 Å². The van der Waals surface area contributed by atoms with Crippen molar-refractivity contribution in [3.63, 3.8) is 0 Å². The molecular formula is C13H14FN3O. The van der Waals surface area contributed by atoms with Gasteiger partial charge in [-0.15, -0.1) is 0 Å². The lowest BCUT2D eigenvalue weighted by Crippen LogP contribution is -2.02. The van der Waals surface area contributed by atoms with Gasteiger partial charge in [0.05, 0.1) is 12.8 Å². The summed E-state index contributed by atoms with van der Waals surface area (Å²) in [6.45, 7) is 3.51. The Bertz CT molecular complexity index is 572. The van der Waals surface area contributed by atoms with Crippen LogP contribution >= 0.6 is 0 Å². The van der Waals surface area contributed by atoms with Gasteiger partial charge < -0.3 is 10.1 Å². The minimum Gasteiger partial charge on any atom is -0.497 e. The molecule has 0 unspecified atom stereocenters. The molecule has 2 rings (SSSR count). The zero-order valence-electron chi connectivity index (χ0n) is 10.5. The van der Waals surface area contributed by atoms with E-state index in [1.54, 1.807) is 20.1 Å². The molecule has 1 heterocycles. The van der Waals surface area contributed by atoms with Crippen LogP contribution in [0.1, 0.15) is 11.3 Å². The number of rotatable bonds is 3. The summed E-state index contributed by atoms with van der Waals surface area (Å²) in [6.07, 6.45) is 1.33. The van der Waals surface area contributed by atoms with E-state index in [1.807, 2.05) is 19.1 Å². The molecule has 1 aromatic carbocycles. The standard InChI is InChI=1S/C13H14FN3O/c1-8-6-10(18-3)4-5-11(8)17-13-12(14)9(2)15-7-16-13/h4-7H,1-3H3,(H,15,16,17). The van der Waals surface area contributed by atoms with Gasteiger partial charge in [0.25, 0.3) is 0 Å². The molecule has 5 heteroatoms. The van der Waals surface area contributed by atoms with Crippen LogP contribution in [0.25, 0.3) is 0 Å². The highest BCUT2D eigenvalue weighted by atomic mass is 19.1. The lowest BCUT2D eigenvalue weighted by atomic mass is 10.2. The largest absolute Gasteiger partial charge is 0.497 e. The van der Waals surface area contributed by atoms with Gasteiger partial charge in [-0.1, -0.05) is 0 Å². The van der Waals surface area contributed by atoms with Gasteiger partial charge in [0, 0.05) is 5.69 Å². The normalized spacial score (nSPS) is 10.2. The van der Waals surface area contributed by atoms with Crippen molar-refractivity contribution in [2.75, 3.05) is 12.4 Å². The molecule has 0 atom stereocenters. The van der Waals surface area contributed by atoms with E-state index in [0.29, 0.717) is 5.69 Å². The number of hydrogen-bond donors (Lipinski definition) is 1. The topological polar surface area (TPSA) is 47.0 Å². The van der Waals surface area contributed by atoms with Crippen LogP contribution in [0.4, 0.5) is 15.9 Å². The number of aromatic nitrogens is 2. The fraction of sp³-hybridized carbons (Fsp3) is 0.231. The molecule has 0 bridgehead atoms. The summed E-state index contributed by atoms with van der Waals surface area (Å²) in [6, 6.07) is 5.50. The van der Waals surface area contributed by atoms with Crippen molar-refractivity contribution >= 4 is 11.5 Å². The fourth-order valence-electron chi connectivity index (χ4n) is 1.58. The Morgan fingerprint density at radius 3 is 2.67 bits per heavy atom. The van der Waals surface area contributed by atoms with Gasteiger partial charge in [-0.05, 0) is 37.6 Å². The maximum absolute atomic E-state index is 13.8. The Morgan fingerprint density at radius 1 is 1.22 bits per heavy atom. The minimum atomic E-state index is -0.437. The predicted octanol–water partition coefficient (Wildman–Crippen LogP) is 2.98. The molecule has 0 saturated carbocycles. The Labute approximate surface area is 105 Å². The second-order valence-corrected chi connectivity index (χ2v) is 3.93. The molecule has 0 amide bonds. The number of nitrogens with one attached hydrogen (secondary N) is 1. The number of benzene rings is 1. The quantitative estimate of drug-likeness (QED) is 0.905. The Kier molecular flexibility index (Phi) is 3.41. The molecule has 0 radical (unpaired) electrons. The molecule has 4 nitrogen and oxygen atoms in total. The highest BCUT2D eigenvalue weighted by Crippen LogP contribution is 2.25. The first-order valence-corrected chi connectivity index (χ1v) is 5.50. The number of aryl methyl sites for hydroxylation is 2. The maximum Gasteiger partial charge on any atom is 0.186 e. The van der Waals surface area contributed by atoms with Gasteiger partial charge in [0.2, 0.25) is 0 Å². The van der Waals surface area contributed by atoms with E-state index < -0.39 is 5.82 Å². The third kappa shape index (κ3) is 2.40. The number of nitrogens with zero attached hydrogens (tertiary/aromatic N) is 2. The van der Waals surface area contributed by atoms with Crippen molar-refractivity contribution < 1.29 is 9.13 Å². The smallest absolute Gasteiger partial charge is 0.186 e. The summed E-state index contributed by atoms with van der Waals surface area (Å²) in [5, 5.41) is 2.95. The molecular weight excluding hydrogens is 233 g/mol. The Balaban J connectivity index is 2.31. The highest BCUT2D eigenvalue weighted by molar-refractivity contribution is 5.62. The second kappa shape index (κ2) is 5.00. The molecule has 0 aliphatic rings. The van der Waals surface area contributed by atoms with Crippen molar-refractivity contribution in [1.29, 1.82) is 0 Å². The molecule has 0 spiro atoms. The number of anilines is 2. The van der Waals surface area contributed by atoms with Crippen molar-refractivity contribution in [2.24, 2.45) is 0 Å². The molecule has 0 aliphatic carbocycles. The number of halogens is 1. The molecule has 0 saturated heterocycles. The van der Waals surface area contributed by atoms with Gasteiger partial charge in [0.1, 0.15) is 12.1 Å². The molecule has 1 N–H and O–H groups in total. The van der Waals surface area contributed by atoms with Crippen molar-refractivity contribution in [2.45, 2.75) is 13.8 Å². The summed E-state index contributed by atoms with van der Waals surface area (Å²) < 4.78 is 18.9. The zero-order valence-corrected chi connectivity index (χ0v) is 10.5. The van der Waals surface area contributed by atoms with E-state index in [0.717, 1.165) is 17.0 Å². The Hall–Kier alpha value is -2.17. The van der Waals surface area contributed by atoms with Crippen LogP contribution in [0.3, 0.4) is 0 Å². The predicted molar refractivity (Wildman–Crippen MR) is 67.7 cm³/mol. The lowest BCUT2D eigenvalue weighted by Gasteiger charge is -2.11. The van der Waals surface area contributed by atoms with Crippen LogP contribution in [0.15, 0.2) is 24.5 Å². The summed E-state index contributed by atoms with van der Waals surface area (Å²) in [5.74, 6) is 0.501. The minimum absolute atomic E-state index is 0.177. The highest BCUT2D eigenvalue weighted by Gasteiger charge is 2.09. The third-order valence-electron chi connectivity index (χ3n) is 2.65. The van der Waals surface area contributed by atoms with E-state index in [2.05, 4.69) is 15.3 Å². The zero-order chi connectivity index (χ0) is 13.1. The van der Waals surface area contributed by atoms with Crippen LogP contribution in [0, 0.1) is 19.7 Å². The van der Waals surface area contributed by atoms with Crippen LogP contribution in [-0.2, 0) is 0 Å². The molecule has 0 aliphatic heterocycles. The molecule has 94 valence electrons. The number of methoxy groups -OCH3 is 1. The fourth-order valence-corrected chi connectivity index (χ4v) is 1.58. The van der Waals surface area contributed by atoms with Crippen molar-refractivity contribution in [1.82, 2.24) is 9.97 Å². The van der Waals surface area contributed by atoms with Crippen molar-refractivity contribution in [3.8, 4) is 5.75 Å².